The Kier molecular flexibility index (Phi) is 5.83. The standard InChI is InChI=1S/C17H18N4O2S2/c1-11(2)14(15(22)19-10-12-5-3-7-18-9-12)25-17-21-20-16(23-17)13-6-4-8-24-13/h3-9,11,14H,10H2,1-2H3,(H,19,22). The highest BCUT2D eigenvalue weighted by molar-refractivity contribution is 8.00. The summed E-state index contributed by atoms with van der Waals surface area (Å²) >= 11 is 2.83. The van der Waals surface area contributed by atoms with E-state index in [4.69, 9.17) is 4.42 Å². The van der Waals surface area contributed by atoms with Gasteiger partial charge in [-0.25, -0.2) is 0 Å². The minimum atomic E-state index is -0.312. The van der Waals surface area contributed by atoms with Gasteiger partial charge >= 0.3 is 0 Å². The molecule has 0 aromatic carbocycles. The zero-order chi connectivity index (χ0) is 17.6. The molecule has 0 aliphatic carbocycles. The molecule has 3 aromatic rings. The van der Waals surface area contributed by atoms with Crippen LogP contribution in [0.4, 0.5) is 0 Å². The Labute approximate surface area is 154 Å². The molecule has 1 atom stereocenters. The lowest BCUT2D eigenvalue weighted by atomic mass is 10.1. The van der Waals surface area contributed by atoms with Gasteiger partial charge < -0.3 is 9.73 Å². The van der Waals surface area contributed by atoms with Crippen LogP contribution in [0.2, 0.25) is 0 Å². The Morgan fingerprint density at radius 2 is 2.20 bits per heavy atom. The van der Waals surface area contributed by atoms with Crippen LogP contribution in [0.5, 0.6) is 0 Å². The number of pyridine rings is 1. The minimum Gasteiger partial charge on any atom is -0.410 e. The SMILES string of the molecule is CC(C)C(Sc1nnc(-c2cccs2)o1)C(=O)NCc1cccnc1. The molecule has 0 aliphatic rings. The quantitative estimate of drug-likeness (QED) is 0.636. The average molecular weight is 374 g/mol. The lowest BCUT2D eigenvalue weighted by Crippen LogP contribution is -2.35. The van der Waals surface area contributed by atoms with Crippen LogP contribution in [-0.2, 0) is 11.3 Å². The van der Waals surface area contributed by atoms with Crippen molar-refractivity contribution in [2.45, 2.75) is 30.9 Å². The fourth-order valence-electron chi connectivity index (χ4n) is 2.15. The predicted molar refractivity (Wildman–Crippen MR) is 98.2 cm³/mol. The second kappa shape index (κ2) is 8.26. The van der Waals surface area contributed by atoms with Gasteiger partial charge in [-0.05, 0) is 29.0 Å². The third-order valence-corrected chi connectivity index (χ3v) is 5.66. The summed E-state index contributed by atoms with van der Waals surface area (Å²) in [6.07, 6.45) is 3.45. The highest BCUT2D eigenvalue weighted by atomic mass is 32.2. The normalized spacial score (nSPS) is 12.3. The van der Waals surface area contributed by atoms with Crippen molar-refractivity contribution in [2.75, 3.05) is 0 Å². The molecule has 0 aliphatic heterocycles. The Morgan fingerprint density at radius 1 is 1.32 bits per heavy atom. The lowest BCUT2D eigenvalue weighted by molar-refractivity contribution is -0.121. The minimum absolute atomic E-state index is 0.0558. The van der Waals surface area contributed by atoms with Gasteiger partial charge in [0.05, 0.1) is 10.1 Å². The molecule has 0 spiro atoms. The van der Waals surface area contributed by atoms with E-state index in [1.54, 1.807) is 12.4 Å². The van der Waals surface area contributed by atoms with Gasteiger partial charge in [-0.2, -0.15) is 0 Å². The first-order chi connectivity index (χ1) is 12.1. The van der Waals surface area contributed by atoms with E-state index in [-0.39, 0.29) is 17.1 Å². The molecule has 3 heterocycles. The monoisotopic (exact) mass is 374 g/mol. The molecule has 0 saturated carbocycles. The molecule has 0 radical (unpaired) electrons. The number of amides is 1. The smallest absolute Gasteiger partial charge is 0.277 e. The van der Waals surface area contributed by atoms with Crippen molar-refractivity contribution in [3.05, 3.63) is 47.6 Å². The van der Waals surface area contributed by atoms with Gasteiger partial charge in [0.15, 0.2) is 0 Å². The zero-order valence-corrected chi connectivity index (χ0v) is 15.5. The molecule has 0 fully saturated rings. The number of nitrogens with zero attached hydrogens (tertiary/aromatic N) is 3. The first-order valence-corrected chi connectivity index (χ1v) is 9.60. The van der Waals surface area contributed by atoms with Crippen molar-refractivity contribution in [1.29, 1.82) is 0 Å². The predicted octanol–water partition coefficient (Wildman–Crippen LogP) is 3.63. The van der Waals surface area contributed by atoms with Crippen LogP contribution in [-0.4, -0.2) is 26.3 Å². The third-order valence-electron chi connectivity index (χ3n) is 3.42. The van der Waals surface area contributed by atoms with Crippen molar-refractivity contribution in [3.63, 3.8) is 0 Å². The number of nitrogens with one attached hydrogen (secondary N) is 1. The highest BCUT2D eigenvalue weighted by Crippen LogP contribution is 2.31. The lowest BCUT2D eigenvalue weighted by Gasteiger charge is -2.17. The van der Waals surface area contributed by atoms with Gasteiger partial charge in [-0.15, -0.1) is 21.5 Å². The highest BCUT2D eigenvalue weighted by Gasteiger charge is 2.26. The van der Waals surface area contributed by atoms with Gasteiger partial charge in [0.25, 0.3) is 11.1 Å². The topological polar surface area (TPSA) is 80.9 Å². The summed E-state index contributed by atoms with van der Waals surface area (Å²) in [5.74, 6) is 0.548. The van der Waals surface area contributed by atoms with Crippen molar-refractivity contribution in [2.24, 2.45) is 5.92 Å². The molecule has 3 rings (SSSR count). The van der Waals surface area contributed by atoms with Gasteiger partial charge in [0.2, 0.25) is 5.91 Å². The van der Waals surface area contributed by atoms with E-state index in [0.717, 1.165) is 10.4 Å². The van der Waals surface area contributed by atoms with Gasteiger partial charge in [-0.1, -0.05) is 37.7 Å². The summed E-state index contributed by atoms with van der Waals surface area (Å²) in [5.41, 5.74) is 0.959. The molecular weight excluding hydrogens is 356 g/mol. The van der Waals surface area contributed by atoms with E-state index < -0.39 is 0 Å². The van der Waals surface area contributed by atoms with Crippen LogP contribution in [0, 0.1) is 5.92 Å². The van der Waals surface area contributed by atoms with Crippen molar-refractivity contribution >= 4 is 29.0 Å². The summed E-state index contributed by atoms with van der Waals surface area (Å²) in [4.78, 5) is 17.5. The fourth-order valence-corrected chi connectivity index (χ4v) is 3.69. The molecule has 0 bridgehead atoms. The second-order valence-electron chi connectivity index (χ2n) is 5.71. The molecule has 0 saturated heterocycles. The first kappa shape index (κ1) is 17.6. The summed E-state index contributed by atoms with van der Waals surface area (Å²) in [6, 6.07) is 7.63. The van der Waals surface area contributed by atoms with Crippen LogP contribution in [0.25, 0.3) is 10.8 Å². The first-order valence-electron chi connectivity index (χ1n) is 7.84. The van der Waals surface area contributed by atoms with Crippen molar-refractivity contribution in [1.82, 2.24) is 20.5 Å². The molecule has 130 valence electrons. The van der Waals surface area contributed by atoms with E-state index in [1.165, 1.54) is 23.1 Å². The van der Waals surface area contributed by atoms with Crippen molar-refractivity contribution < 1.29 is 9.21 Å². The van der Waals surface area contributed by atoms with E-state index in [9.17, 15) is 4.79 Å². The summed E-state index contributed by atoms with van der Waals surface area (Å²) in [7, 11) is 0. The van der Waals surface area contributed by atoms with E-state index in [2.05, 4.69) is 20.5 Å². The Morgan fingerprint density at radius 3 is 2.88 bits per heavy atom. The molecule has 1 amide bonds. The molecule has 8 heteroatoms. The summed E-state index contributed by atoms with van der Waals surface area (Å²) in [5, 5.41) is 13.1. The Balaban J connectivity index is 1.64. The van der Waals surface area contributed by atoms with Crippen molar-refractivity contribution in [3.8, 4) is 10.8 Å². The van der Waals surface area contributed by atoms with Crippen LogP contribution in [0.15, 0.2) is 51.7 Å². The Bertz CT molecular complexity index is 803. The number of rotatable bonds is 7. The average Bonchev–Trinajstić information content (AvgIpc) is 3.29. The summed E-state index contributed by atoms with van der Waals surface area (Å²) in [6.45, 7) is 4.44. The molecular formula is C17H18N4O2S2. The maximum atomic E-state index is 12.6. The summed E-state index contributed by atoms with van der Waals surface area (Å²) < 4.78 is 5.68. The number of carbonyl (C=O) groups is 1. The van der Waals surface area contributed by atoms with E-state index in [1.807, 2.05) is 43.5 Å². The maximum Gasteiger partial charge on any atom is 0.277 e. The maximum absolute atomic E-state index is 12.6. The Hall–Kier alpha value is -2.19. The number of thiophene rings is 1. The van der Waals surface area contributed by atoms with Gasteiger partial charge in [0, 0.05) is 18.9 Å². The van der Waals surface area contributed by atoms with Crippen LogP contribution in [0.3, 0.4) is 0 Å². The third kappa shape index (κ3) is 4.67. The zero-order valence-electron chi connectivity index (χ0n) is 13.9. The molecule has 1 N–H and O–H groups in total. The molecule has 25 heavy (non-hydrogen) atoms. The number of hydrogen-bond acceptors (Lipinski definition) is 7. The number of aromatic nitrogens is 3. The molecule has 1 unspecified atom stereocenters. The largest absolute Gasteiger partial charge is 0.410 e. The second-order valence-corrected chi connectivity index (χ2v) is 7.75. The number of hydrogen-bond donors (Lipinski definition) is 1. The van der Waals surface area contributed by atoms with Gasteiger partial charge in [-0.3, -0.25) is 9.78 Å². The van der Waals surface area contributed by atoms with Crippen LogP contribution in [0.1, 0.15) is 19.4 Å². The van der Waals surface area contributed by atoms with Gasteiger partial charge in [0.1, 0.15) is 0 Å². The molecule has 6 nitrogen and oxygen atoms in total. The number of carbonyl (C=O) groups excluding carboxylic acids is 1. The fraction of sp³-hybridized carbons (Fsp3) is 0.294. The van der Waals surface area contributed by atoms with E-state index >= 15 is 0 Å². The van der Waals surface area contributed by atoms with Crippen LogP contribution >= 0.6 is 23.1 Å². The van der Waals surface area contributed by atoms with E-state index in [0.29, 0.717) is 17.7 Å². The van der Waals surface area contributed by atoms with Crippen LogP contribution < -0.4 is 5.32 Å². The molecule has 3 aromatic heterocycles. The number of thioether (sulfide) groups is 1.